The van der Waals surface area contributed by atoms with Gasteiger partial charge < -0.3 is 14.8 Å². The van der Waals surface area contributed by atoms with Gasteiger partial charge in [0, 0.05) is 32.3 Å². The van der Waals surface area contributed by atoms with Crippen LogP contribution in [0.5, 0.6) is 0 Å². The lowest BCUT2D eigenvalue weighted by Crippen LogP contribution is -2.55. The quantitative estimate of drug-likeness (QED) is 0.715. The molecule has 1 fully saturated rings. The summed E-state index contributed by atoms with van der Waals surface area (Å²) in [5.41, 5.74) is -0.150. The molecule has 0 spiro atoms. The molecule has 1 aliphatic rings. The van der Waals surface area contributed by atoms with E-state index in [0.29, 0.717) is 12.1 Å². The second kappa shape index (κ2) is 7.43. The molecule has 108 valence electrons. The van der Waals surface area contributed by atoms with Gasteiger partial charge in [0.05, 0.1) is 12.2 Å². The van der Waals surface area contributed by atoms with Crippen molar-refractivity contribution >= 4 is 0 Å². The highest BCUT2D eigenvalue weighted by molar-refractivity contribution is 4.89. The summed E-state index contributed by atoms with van der Waals surface area (Å²) in [7, 11) is 3.98. The molecule has 1 saturated heterocycles. The van der Waals surface area contributed by atoms with Crippen LogP contribution >= 0.6 is 0 Å². The highest BCUT2D eigenvalue weighted by Crippen LogP contribution is 2.18. The lowest BCUT2D eigenvalue weighted by molar-refractivity contribution is -0.0212. The summed E-state index contributed by atoms with van der Waals surface area (Å²) in [6.45, 7) is 10.3. The van der Waals surface area contributed by atoms with Crippen LogP contribution in [0.4, 0.5) is 0 Å². The second-order valence-electron chi connectivity index (χ2n) is 5.77. The van der Waals surface area contributed by atoms with Crippen LogP contribution in [0.3, 0.4) is 0 Å². The maximum atomic E-state index is 5.64. The van der Waals surface area contributed by atoms with E-state index in [1.54, 1.807) is 7.11 Å². The molecular weight excluding hydrogens is 228 g/mol. The van der Waals surface area contributed by atoms with E-state index in [-0.39, 0.29) is 5.60 Å². The van der Waals surface area contributed by atoms with E-state index in [0.717, 1.165) is 39.1 Å². The van der Waals surface area contributed by atoms with Crippen LogP contribution in [-0.2, 0) is 9.47 Å². The predicted octanol–water partition coefficient (Wildman–Crippen LogP) is 1.50. The van der Waals surface area contributed by atoms with Gasteiger partial charge in [-0.05, 0) is 40.3 Å². The van der Waals surface area contributed by atoms with Gasteiger partial charge in [0.1, 0.15) is 0 Å². The molecule has 1 rings (SSSR count). The fourth-order valence-electron chi connectivity index (χ4n) is 2.30. The van der Waals surface area contributed by atoms with Gasteiger partial charge in [-0.25, -0.2) is 0 Å². The monoisotopic (exact) mass is 258 g/mol. The molecule has 0 aromatic heterocycles. The average Bonchev–Trinajstić information content (AvgIpc) is 2.87. The molecule has 2 atom stereocenters. The molecule has 4 nitrogen and oxygen atoms in total. The fourth-order valence-corrected chi connectivity index (χ4v) is 2.30. The topological polar surface area (TPSA) is 33.7 Å². The molecule has 2 unspecified atom stereocenters. The molecule has 0 bridgehead atoms. The minimum Gasteiger partial charge on any atom is -0.380 e. The molecule has 0 aromatic rings. The van der Waals surface area contributed by atoms with Gasteiger partial charge in [-0.15, -0.1) is 0 Å². The third-order valence-corrected chi connectivity index (χ3v) is 4.01. The number of ether oxygens (including phenoxy) is 2. The Morgan fingerprint density at radius 1 is 1.50 bits per heavy atom. The smallest absolute Gasteiger partial charge is 0.0787 e. The Hall–Kier alpha value is -0.160. The van der Waals surface area contributed by atoms with E-state index in [9.17, 15) is 0 Å². The number of likely N-dealkylation sites (N-methyl/N-ethyl adjacent to an activating group) is 1. The normalized spacial score (nSPS) is 22.7. The van der Waals surface area contributed by atoms with Crippen molar-refractivity contribution < 1.29 is 9.47 Å². The first-order valence-electron chi connectivity index (χ1n) is 7.07. The summed E-state index contributed by atoms with van der Waals surface area (Å²) >= 11 is 0. The van der Waals surface area contributed by atoms with E-state index in [1.807, 2.05) is 0 Å². The van der Waals surface area contributed by atoms with Gasteiger partial charge in [0.15, 0.2) is 0 Å². The van der Waals surface area contributed by atoms with Gasteiger partial charge in [-0.2, -0.15) is 0 Å². The minimum absolute atomic E-state index is 0.150. The zero-order valence-corrected chi connectivity index (χ0v) is 12.7. The van der Waals surface area contributed by atoms with Crippen LogP contribution < -0.4 is 5.32 Å². The number of hydrogen-bond donors (Lipinski definition) is 1. The van der Waals surface area contributed by atoms with Crippen molar-refractivity contribution in [2.24, 2.45) is 0 Å². The van der Waals surface area contributed by atoms with Crippen LogP contribution in [0, 0.1) is 0 Å². The van der Waals surface area contributed by atoms with Crippen LogP contribution in [-0.4, -0.2) is 63.0 Å². The summed E-state index contributed by atoms with van der Waals surface area (Å²) in [5, 5.41) is 3.61. The first kappa shape index (κ1) is 15.9. The summed E-state index contributed by atoms with van der Waals surface area (Å²) < 4.78 is 11.1. The Balaban J connectivity index is 2.53. The van der Waals surface area contributed by atoms with Crippen molar-refractivity contribution in [3.8, 4) is 0 Å². The summed E-state index contributed by atoms with van der Waals surface area (Å²) in [4.78, 5) is 2.40. The Bertz CT molecular complexity index is 228. The molecule has 0 radical (unpaired) electrons. The standard InChI is InChI=1S/C14H30N2O2/c1-6-8-15-13(14(2,3)17-5)10-16(4)12-7-9-18-11-12/h12-13,15H,6-11H2,1-5H3. The molecule has 0 aliphatic carbocycles. The molecule has 0 amide bonds. The number of nitrogens with one attached hydrogen (secondary N) is 1. The maximum absolute atomic E-state index is 5.64. The molecule has 0 aromatic carbocycles. The van der Waals surface area contributed by atoms with Crippen molar-refractivity contribution in [2.75, 3.05) is 40.5 Å². The lowest BCUT2D eigenvalue weighted by Gasteiger charge is -2.37. The van der Waals surface area contributed by atoms with E-state index in [1.165, 1.54) is 0 Å². The molecule has 18 heavy (non-hydrogen) atoms. The Kier molecular flexibility index (Phi) is 6.57. The number of rotatable bonds is 8. The van der Waals surface area contributed by atoms with E-state index < -0.39 is 0 Å². The molecule has 1 heterocycles. The maximum Gasteiger partial charge on any atom is 0.0787 e. The number of hydrogen-bond acceptors (Lipinski definition) is 4. The SMILES string of the molecule is CCCNC(CN(C)C1CCOC1)C(C)(C)OC. The zero-order valence-electron chi connectivity index (χ0n) is 12.7. The third kappa shape index (κ3) is 4.50. The van der Waals surface area contributed by atoms with Crippen molar-refractivity contribution in [2.45, 2.75) is 51.3 Å². The van der Waals surface area contributed by atoms with Gasteiger partial charge in [-0.3, -0.25) is 4.90 Å². The van der Waals surface area contributed by atoms with E-state index in [4.69, 9.17) is 9.47 Å². The third-order valence-electron chi connectivity index (χ3n) is 4.01. The predicted molar refractivity (Wildman–Crippen MR) is 75.0 cm³/mol. The zero-order chi connectivity index (χ0) is 13.6. The largest absolute Gasteiger partial charge is 0.380 e. The Labute approximate surface area is 112 Å². The van der Waals surface area contributed by atoms with Gasteiger partial charge in [0.25, 0.3) is 0 Å². The van der Waals surface area contributed by atoms with Crippen LogP contribution in [0.1, 0.15) is 33.6 Å². The van der Waals surface area contributed by atoms with Gasteiger partial charge >= 0.3 is 0 Å². The van der Waals surface area contributed by atoms with Crippen molar-refractivity contribution in [3.63, 3.8) is 0 Å². The number of methoxy groups -OCH3 is 1. The summed E-state index contributed by atoms with van der Waals surface area (Å²) in [6.07, 6.45) is 2.29. The molecular formula is C14H30N2O2. The van der Waals surface area contributed by atoms with E-state index >= 15 is 0 Å². The first-order valence-corrected chi connectivity index (χ1v) is 7.07. The summed E-state index contributed by atoms with van der Waals surface area (Å²) in [5.74, 6) is 0. The van der Waals surface area contributed by atoms with Gasteiger partial charge in [-0.1, -0.05) is 6.92 Å². The van der Waals surface area contributed by atoms with Crippen LogP contribution in [0.2, 0.25) is 0 Å². The Morgan fingerprint density at radius 3 is 2.72 bits per heavy atom. The van der Waals surface area contributed by atoms with Crippen molar-refractivity contribution in [3.05, 3.63) is 0 Å². The fraction of sp³-hybridized carbons (Fsp3) is 1.00. The molecule has 4 heteroatoms. The lowest BCUT2D eigenvalue weighted by atomic mass is 9.97. The molecule has 0 saturated carbocycles. The van der Waals surface area contributed by atoms with Gasteiger partial charge in [0.2, 0.25) is 0 Å². The second-order valence-corrected chi connectivity index (χ2v) is 5.77. The summed E-state index contributed by atoms with van der Waals surface area (Å²) in [6, 6.07) is 0.900. The first-order chi connectivity index (χ1) is 8.51. The van der Waals surface area contributed by atoms with E-state index in [2.05, 4.69) is 38.0 Å². The Morgan fingerprint density at radius 2 is 2.22 bits per heavy atom. The van der Waals surface area contributed by atoms with Crippen molar-refractivity contribution in [1.29, 1.82) is 0 Å². The highest BCUT2D eigenvalue weighted by Gasteiger charge is 2.32. The highest BCUT2D eigenvalue weighted by atomic mass is 16.5. The molecule has 1 aliphatic heterocycles. The molecule has 1 N–H and O–H groups in total. The number of nitrogens with zero attached hydrogens (tertiary/aromatic N) is 1. The van der Waals surface area contributed by atoms with Crippen molar-refractivity contribution in [1.82, 2.24) is 10.2 Å². The minimum atomic E-state index is -0.150. The van der Waals surface area contributed by atoms with Crippen LogP contribution in [0.15, 0.2) is 0 Å². The average molecular weight is 258 g/mol. The van der Waals surface area contributed by atoms with Crippen LogP contribution in [0.25, 0.3) is 0 Å².